The molecule has 4 aromatic rings. The van der Waals surface area contributed by atoms with Crippen LogP contribution >= 0.6 is 0 Å². The summed E-state index contributed by atoms with van der Waals surface area (Å²) in [6, 6.07) is 28.9. The van der Waals surface area contributed by atoms with Crippen LogP contribution in [0, 0.1) is 0 Å². The predicted molar refractivity (Wildman–Crippen MR) is 185 cm³/mol. The highest BCUT2D eigenvalue weighted by atomic mass is 32.2. The van der Waals surface area contributed by atoms with Gasteiger partial charge in [0.25, 0.3) is 0 Å². The Labute approximate surface area is 268 Å². The van der Waals surface area contributed by atoms with E-state index in [1.54, 1.807) is 48.5 Å². The Hall–Kier alpha value is -4.37. The van der Waals surface area contributed by atoms with Gasteiger partial charge in [-0.3, -0.25) is 0 Å². The lowest BCUT2D eigenvalue weighted by molar-refractivity contribution is 0.596. The SMILES string of the molecule is CCCCN(CCCC)c1ccc(N=Nc2ccc(S(=O)(=O)c3ccc(N=Nc4ccc(N(CC)CC)cc4)cc3)cc2)cc1. The summed E-state index contributed by atoms with van der Waals surface area (Å²) in [5.41, 5.74) is 4.96. The zero-order chi connectivity index (χ0) is 32.1. The van der Waals surface area contributed by atoms with Crippen LogP contribution in [0.5, 0.6) is 0 Å². The third kappa shape index (κ3) is 9.31. The Morgan fingerprint density at radius 1 is 0.467 bits per heavy atom. The summed E-state index contributed by atoms with van der Waals surface area (Å²) < 4.78 is 26.5. The number of benzene rings is 4. The van der Waals surface area contributed by atoms with E-state index in [1.165, 1.54) is 31.4 Å². The third-order valence-electron chi connectivity index (χ3n) is 7.61. The van der Waals surface area contributed by atoms with Gasteiger partial charge in [0, 0.05) is 37.6 Å². The highest BCUT2D eigenvalue weighted by molar-refractivity contribution is 7.91. The molecule has 0 saturated carbocycles. The molecule has 4 rings (SSSR count). The molecule has 0 amide bonds. The maximum absolute atomic E-state index is 13.3. The number of azo groups is 2. The van der Waals surface area contributed by atoms with E-state index in [0.717, 1.165) is 43.2 Å². The molecule has 0 atom stereocenters. The number of unbranched alkanes of at least 4 members (excludes halogenated alkanes) is 2. The monoisotopic (exact) mass is 624 g/mol. The molecule has 9 heteroatoms. The van der Waals surface area contributed by atoms with Crippen molar-refractivity contribution in [3.8, 4) is 0 Å². The highest BCUT2D eigenvalue weighted by Gasteiger charge is 2.17. The van der Waals surface area contributed by atoms with Crippen LogP contribution < -0.4 is 9.80 Å². The van der Waals surface area contributed by atoms with Crippen molar-refractivity contribution in [3.63, 3.8) is 0 Å². The van der Waals surface area contributed by atoms with E-state index < -0.39 is 9.84 Å². The van der Waals surface area contributed by atoms with Crippen LogP contribution in [0.4, 0.5) is 34.1 Å². The number of anilines is 2. The van der Waals surface area contributed by atoms with Crippen molar-refractivity contribution in [2.75, 3.05) is 36.0 Å². The number of rotatable bonds is 16. The van der Waals surface area contributed by atoms with E-state index in [2.05, 4.69) is 70.1 Å². The summed E-state index contributed by atoms with van der Waals surface area (Å²) in [7, 11) is -3.71. The summed E-state index contributed by atoms with van der Waals surface area (Å²) in [5.74, 6) is 0. The van der Waals surface area contributed by atoms with Crippen LogP contribution in [0.25, 0.3) is 0 Å². The fourth-order valence-corrected chi connectivity index (χ4v) is 6.13. The van der Waals surface area contributed by atoms with Gasteiger partial charge >= 0.3 is 0 Å². The van der Waals surface area contributed by atoms with Crippen LogP contribution in [0.2, 0.25) is 0 Å². The fraction of sp³-hybridized carbons (Fsp3) is 0.333. The topological polar surface area (TPSA) is 90.1 Å². The predicted octanol–water partition coefficient (Wildman–Crippen LogP) is 10.6. The van der Waals surface area contributed by atoms with Crippen molar-refractivity contribution in [2.45, 2.75) is 63.2 Å². The molecule has 0 aliphatic rings. The number of hydrogen-bond acceptors (Lipinski definition) is 8. The largest absolute Gasteiger partial charge is 0.372 e. The van der Waals surface area contributed by atoms with Crippen molar-refractivity contribution in [3.05, 3.63) is 97.1 Å². The highest BCUT2D eigenvalue weighted by Crippen LogP contribution is 2.28. The molecule has 4 aromatic carbocycles. The summed E-state index contributed by atoms with van der Waals surface area (Å²) in [4.78, 5) is 5.06. The van der Waals surface area contributed by atoms with Gasteiger partial charge in [-0.1, -0.05) is 26.7 Å². The van der Waals surface area contributed by atoms with Gasteiger partial charge in [-0.05, 0) is 124 Å². The van der Waals surface area contributed by atoms with Gasteiger partial charge in [0.05, 0.1) is 32.5 Å². The minimum absolute atomic E-state index is 0.186. The second kappa shape index (κ2) is 16.6. The van der Waals surface area contributed by atoms with Crippen LogP contribution in [0.3, 0.4) is 0 Å². The van der Waals surface area contributed by atoms with Gasteiger partial charge in [-0.2, -0.15) is 20.5 Å². The van der Waals surface area contributed by atoms with Crippen molar-refractivity contribution in [1.82, 2.24) is 0 Å². The van der Waals surface area contributed by atoms with Gasteiger partial charge < -0.3 is 9.80 Å². The van der Waals surface area contributed by atoms with Crippen molar-refractivity contribution >= 4 is 44.0 Å². The smallest absolute Gasteiger partial charge is 0.206 e. The van der Waals surface area contributed by atoms with E-state index in [4.69, 9.17) is 0 Å². The first-order valence-electron chi connectivity index (χ1n) is 15.9. The maximum Gasteiger partial charge on any atom is 0.206 e. The number of nitrogens with zero attached hydrogens (tertiary/aromatic N) is 6. The van der Waals surface area contributed by atoms with Crippen molar-refractivity contribution in [2.24, 2.45) is 20.5 Å². The van der Waals surface area contributed by atoms with Gasteiger partial charge in [-0.25, -0.2) is 8.42 Å². The fourth-order valence-electron chi connectivity index (χ4n) is 4.87. The molecule has 0 radical (unpaired) electrons. The first kappa shape index (κ1) is 33.5. The van der Waals surface area contributed by atoms with Gasteiger partial charge in [0.15, 0.2) is 0 Å². The Morgan fingerprint density at radius 3 is 1.09 bits per heavy atom. The zero-order valence-corrected chi connectivity index (χ0v) is 27.6. The molecule has 45 heavy (non-hydrogen) atoms. The Bertz CT molecular complexity index is 1620. The minimum Gasteiger partial charge on any atom is -0.372 e. The molecule has 0 N–H and O–H groups in total. The first-order chi connectivity index (χ1) is 21.9. The molecule has 0 spiro atoms. The second-order valence-corrected chi connectivity index (χ2v) is 12.7. The molecule has 0 saturated heterocycles. The molecular weight excluding hydrogens is 581 g/mol. The van der Waals surface area contributed by atoms with Crippen LogP contribution in [-0.4, -0.2) is 34.6 Å². The quantitative estimate of drug-likeness (QED) is 0.116. The third-order valence-corrected chi connectivity index (χ3v) is 9.40. The van der Waals surface area contributed by atoms with E-state index in [0.29, 0.717) is 11.4 Å². The van der Waals surface area contributed by atoms with Gasteiger partial charge in [0.1, 0.15) is 0 Å². The molecule has 0 unspecified atom stereocenters. The molecule has 236 valence electrons. The number of sulfone groups is 1. The summed E-state index contributed by atoms with van der Waals surface area (Å²) >= 11 is 0. The molecule has 0 bridgehead atoms. The summed E-state index contributed by atoms with van der Waals surface area (Å²) in [6.45, 7) is 12.7. The average Bonchev–Trinajstić information content (AvgIpc) is 3.08. The molecule has 0 aliphatic carbocycles. The van der Waals surface area contributed by atoms with Crippen LogP contribution in [-0.2, 0) is 9.84 Å². The lowest BCUT2D eigenvalue weighted by Crippen LogP contribution is -2.25. The Morgan fingerprint density at radius 2 is 0.778 bits per heavy atom. The summed E-state index contributed by atoms with van der Waals surface area (Å²) in [5, 5.41) is 17.2. The van der Waals surface area contributed by atoms with E-state index in [-0.39, 0.29) is 9.79 Å². The lowest BCUT2D eigenvalue weighted by Gasteiger charge is -2.24. The van der Waals surface area contributed by atoms with Crippen LogP contribution in [0.15, 0.2) is 127 Å². The van der Waals surface area contributed by atoms with E-state index >= 15 is 0 Å². The van der Waals surface area contributed by atoms with Crippen LogP contribution in [0.1, 0.15) is 53.4 Å². The molecule has 0 heterocycles. The normalized spacial score (nSPS) is 11.8. The molecule has 8 nitrogen and oxygen atoms in total. The van der Waals surface area contributed by atoms with Gasteiger partial charge in [-0.15, -0.1) is 0 Å². The minimum atomic E-state index is -3.71. The second-order valence-electron chi connectivity index (χ2n) is 10.8. The molecular formula is C36H44N6O2S. The molecule has 0 aliphatic heterocycles. The van der Waals surface area contributed by atoms with Gasteiger partial charge in [0.2, 0.25) is 9.84 Å². The van der Waals surface area contributed by atoms with Crippen molar-refractivity contribution in [1.29, 1.82) is 0 Å². The van der Waals surface area contributed by atoms with E-state index in [9.17, 15) is 8.42 Å². The molecule has 0 aromatic heterocycles. The molecule has 0 fully saturated rings. The lowest BCUT2D eigenvalue weighted by atomic mass is 10.2. The Kier molecular flexibility index (Phi) is 12.4. The number of hydrogen-bond donors (Lipinski definition) is 0. The van der Waals surface area contributed by atoms with E-state index in [1.807, 2.05) is 36.4 Å². The van der Waals surface area contributed by atoms with Crippen molar-refractivity contribution < 1.29 is 8.42 Å². The Balaban J connectivity index is 1.38. The standard InChI is InChI=1S/C36H44N6O2S/c1-5-9-27-42(28-10-6-2)34-21-13-30(14-22-34)38-40-32-17-25-36(26-18-32)45(43,44)35-23-15-31(16-24-35)39-37-29-11-19-33(20-12-29)41(7-3)8-4/h11-26H,5-10,27-28H2,1-4H3. The average molecular weight is 625 g/mol. The zero-order valence-electron chi connectivity index (χ0n) is 26.8. The first-order valence-corrected chi connectivity index (χ1v) is 17.3. The maximum atomic E-state index is 13.3. The summed E-state index contributed by atoms with van der Waals surface area (Å²) in [6.07, 6.45) is 4.67.